The quantitative estimate of drug-likeness (QED) is 0.914. The Hall–Kier alpha value is -2.36. The number of nitrogens with one attached hydrogen (secondary N) is 1. The summed E-state index contributed by atoms with van der Waals surface area (Å²) in [6, 6.07) is 11.0. The van der Waals surface area contributed by atoms with Crippen LogP contribution in [0.5, 0.6) is 5.75 Å². The van der Waals surface area contributed by atoms with Gasteiger partial charge < -0.3 is 10.1 Å². The zero-order valence-electron chi connectivity index (χ0n) is 13.5. The van der Waals surface area contributed by atoms with E-state index in [1.165, 1.54) is 24.0 Å². The molecule has 0 amide bonds. The fraction of sp³-hybridized carbons (Fsp3) is 0.368. The topological polar surface area (TPSA) is 46.5 Å². The molecule has 2 aromatic rings. The average molecular weight is 307 g/mol. The van der Waals surface area contributed by atoms with Gasteiger partial charge in [0.25, 0.3) is 0 Å². The minimum Gasteiger partial charge on any atom is -0.491 e. The number of rotatable bonds is 5. The maximum absolute atomic E-state index is 5.83. The van der Waals surface area contributed by atoms with E-state index in [0.29, 0.717) is 6.04 Å². The summed E-state index contributed by atoms with van der Waals surface area (Å²) in [6.07, 6.45) is 4.51. The minimum atomic E-state index is 0.171. The molecule has 0 saturated heterocycles. The zero-order valence-corrected chi connectivity index (χ0v) is 13.5. The Labute approximate surface area is 136 Å². The summed E-state index contributed by atoms with van der Waals surface area (Å²) in [5.74, 6) is 1.84. The molecule has 4 heteroatoms. The van der Waals surface area contributed by atoms with Crippen LogP contribution in [0.25, 0.3) is 0 Å². The third kappa shape index (κ3) is 3.07. The van der Waals surface area contributed by atoms with Crippen LogP contribution in [0.2, 0.25) is 0 Å². The number of ether oxygens (including phenoxy) is 1. The normalized spacial score (nSPS) is 16.2. The maximum Gasteiger partial charge on any atom is 0.126 e. The number of benzene rings is 1. The molecule has 1 saturated carbocycles. The number of pyridine rings is 1. The first kappa shape index (κ1) is 14.2. The molecule has 1 aliphatic carbocycles. The van der Waals surface area contributed by atoms with Gasteiger partial charge in [-0.1, -0.05) is 6.07 Å². The second kappa shape index (κ2) is 5.69. The van der Waals surface area contributed by atoms with Crippen molar-refractivity contribution in [3.05, 3.63) is 53.2 Å². The molecule has 0 atom stereocenters. The molecule has 0 spiro atoms. The molecule has 0 radical (unpaired) electrons. The first-order chi connectivity index (χ1) is 11.2. The number of nitrogens with zero attached hydrogens (tertiary/aromatic N) is 2. The van der Waals surface area contributed by atoms with Crippen LogP contribution in [0.15, 0.2) is 41.5 Å². The molecule has 0 unspecified atom stereocenters. The molecular weight excluding hydrogens is 286 g/mol. The summed E-state index contributed by atoms with van der Waals surface area (Å²) in [7, 11) is 0. The largest absolute Gasteiger partial charge is 0.491 e. The van der Waals surface area contributed by atoms with Crippen LogP contribution in [0.4, 0.5) is 5.82 Å². The molecule has 118 valence electrons. The van der Waals surface area contributed by atoms with E-state index in [1.54, 1.807) is 0 Å². The fourth-order valence-electron chi connectivity index (χ4n) is 2.85. The Morgan fingerprint density at radius 2 is 2.04 bits per heavy atom. The lowest BCUT2D eigenvalue weighted by molar-refractivity contribution is 0.242. The molecule has 4 nitrogen and oxygen atoms in total. The van der Waals surface area contributed by atoms with E-state index in [4.69, 9.17) is 9.73 Å². The van der Waals surface area contributed by atoms with Crippen LogP contribution >= 0.6 is 0 Å². The van der Waals surface area contributed by atoms with Gasteiger partial charge in [-0.25, -0.2) is 4.98 Å². The molecule has 0 bridgehead atoms. The highest BCUT2D eigenvalue weighted by atomic mass is 16.5. The van der Waals surface area contributed by atoms with E-state index in [1.807, 2.05) is 32.2 Å². The van der Waals surface area contributed by atoms with Gasteiger partial charge in [0, 0.05) is 23.4 Å². The van der Waals surface area contributed by atoms with Crippen molar-refractivity contribution in [3.8, 4) is 5.75 Å². The molecule has 1 aliphatic heterocycles. The van der Waals surface area contributed by atoms with Gasteiger partial charge in [0.2, 0.25) is 0 Å². The Kier molecular flexibility index (Phi) is 3.52. The molecule has 4 rings (SSSR count). The second-order valence-corrected chi connectivity index (χ2v) is 6.50. The van der Waals surface area contributed by atoms with Crippen molar-refractivity contribution >= 4 is 11.5 Å². The second-order valence-electron chi connectivity index (χ2n) is 6.50. The zero-order chi connectivity index (χ0) is 15.8. The third-order valence-corrected chi connectivity index (χ3v) is 4.08. The summed E-state index contributed by atoms with van der Waals surface area (Å²) in [5, 5.41) is 3.45. The first-order valence-electron chi connectivity index (χ1n) is 8.26. The molecule has 1 fully saturated rings. The smallest absolute Gasteiger partial charge is 0.126 e. The Bertz CT molecular complexity index is 763. The van der Waals surface area contributed by atoms with Gasteiger partial charge in [0.1, 0.15) is 11.6 Å². The lowest BCUT2D eigenvalue weighted by Crippen LogP contribution is -2.08. The number of fused-ring (bicyclic) bond motifs is 1. The SMILES string of the molecule is CC(C)Oc1ccc2c(c1)C(c1ccnc(NC3CC3)c1)=NC2. The number of hydrogen-bond acceptors (Lipinski definition) is 4. The Morgan fingerprint density at radius 1 is 1.17 bits per heavy atom. The van der Waals surface area contributed by atoms with E-state index in [9.17, 15) is 0 Å². The molecule has 2 aliphatic rings. The van der Waals surface area contributed by atoms with Gasteiger partial charge in [-0.3, -0.25) is 4.99 Å². The van der Waals surface area contributed by atoms with Gasteiger partial charge in [-0.2, -0.15) is 0 Å². The predicted octanol–water partition coefficient (Wildman–Crippen LogP) is 3.79. The van der Waals surface area contributed by atoms with Crippen LogP contribution in [0.3, 0.4) is 0 Å². The molecule has 1 N–H and O–H groups in total. The van der Waals surface area contributed by atoms with Crippen LogP contribution in [-0.4, -0.2) is 22.8 Å². The van der Waals surface area contributed by atoms with Crippen molar-refractivity contribution < 1.29 is 4.74 Å². The first-order valence-corrected chi connectivity index (χ1v) is 8.26. The predicted molar refractivity (Wildman–Crippen MR) is 92.4 cm³/mol. The molecule has 1 aromatic carbocycles. The van der Waals surface area contributed by atoms with Crippen molar-refractivity contribution in [2.24, 2.45) is 4.99 Å². The summed E-state index contributed by atoms with van der Waals surface area (Å²) in [5.41, 5.74) is 4.58. The highest BCUT2D eigenvalue weighted by molar-refractivity contribution is 6.15. The van der Waals surface area contributed by atoms with Gasteiger partial charge in [0.15, 0.2) is 0 Å². The molecule has 2 heterocycles. The van der Waals surface area contributed by atoms with Crippen LogP contribution in [0, 0.1) is 0 Å². The van der Waals surface area contributed by atoms with E-state index < -0.39 is 0 Å². The van der Waals surface area contributed by atoms with Crippen molar-refractivity contribution in [2.75, 3.05) is 5.32 Å². The number of aliphatic imine (C=N–C) groups is 1. The van der Waals surface area contributed by atoms with Crippen molar-refractivity contribution in [3.63, 3.8) is 0 Å². The summed E-state index contributed by atoms with van der Waals surface area (Å²) in [6.45, 7) is 4.82. The molecular formula is C19H21N3O. The Balaban J connectivity index is 1.64. The van der Waals surface area contributed by atoms with E-state index >= 15 is 0 Å². The minimum absolute atomic E-state index is 0.171. The Morgan fingerprint density at radius 3 is 2.83 bits per heavy atom. The highest BCUT2D eigenvalue weighted by Gasteiger charge is 2.22. The average Bonchev–Trinajstić information content (AvgIpc) is 3.24. The molecule has 1 aromatic heterocycles. The van der Waals surface area contributed by atoms with Crippen molar-refractivity contribution in [2.45, 2.75) is 45.4 Å². The van der Waals surface area contributed by atoms with Crippen molar-refractivity contribution in [1.82, 2.24) is 4.98 Å². The number of anilines is 1. The number of hydrogen-bond donors (Lipinski definition) is 1. The molecule has 23 heavy (non-hydrogen) atoms. The van der Waals surface area contributed by atoms with Crippen LogP contribution < -0.4 is 10.1 Å². The maximum atomic E-state index is 5.83. The summed E-state index contributed by atoms with van der Waals surface area (Å²) < 4.78 is 5.83. The third-order valence-electron chi connectivity index (χ3n) is 4.08. The van der Waals surface area contributed by atoms with Gasteiger partial charge in [-0.05, 0) is 56.5 Å². The standard InChI is InChI=1S/C19H21N3O/c1-12(2)23-16-6-3-14-11-21-19(17(14)10-16)13-7-8-20-18(9-13)22-15-4-5-15/h3,6-10,12,15H,4-5,11H2,1-2H3,(H,20,22). The summed E-state index contributed by atoms with van der Waals surface area (Å²) in [4.78, 5) is 9.15. The van der Waals surface area contributed by atoms with E-state index in [0.717, 1.165) is 29.4 Å². The lowest BCUT2D eigenvalue weighted by atomic mass is 10.0. The van der Waals surface area contributed by atoms with Gasteiger partial charge in [0.05, 0.1) is 18.4 Å². The number of aromatic nitrogens is 1. The summed E-state index contributed by atoms with van der Waals surface area (Å²) >= 11 is 0. The highest BCUT2D eigenvalue weighted by Crippen LogP contribution is 2.29. The van der Waals surface area contributed by atoms with Crippen LogP contribution in [0.1, 0.15) is 43.4 Å². The van der Waals surface area contributed by atoms with E-state index in [-0.39, 0.29) is 6.10 Å². The fourth-order valence-corrected chi connectivity index (χ4v) is 2.85. The van der Waals surface area contributed by atoms with Gasteiger partial charge in [-0.15, -0.1) is 0 Å². The van der Waals surface area contributed by atoms with Crippen LogP contribution in [-0.2, 0) is 6.54 Å². The van der Waals surface area contributed by atoms with Crippen molar-refractivity contribution in [1.29, 1.82) is 0 Å². The van der Waals surface area contributed by atoms with E-state index in [2.05, 4.69) is 28.5 Å². The monoisotopic (exact) mass is 307 g/mol. The van der Waals surface area contributed by atoms with Gasteiger partial charge >= 0.3 is 0 Å². The lowest BCUT2D eigenvalue weighted by Gasteiger charge is -2.12.